The highest BCUT2D eigenvalue weighted by Crippen LogP contribution is 2.36. The van der Waals surface area contributed by atoms with Crippen molar-refractivity contribution in [3.63, 3.8) is 0 Å². The van der Waals surface area contributed by atoms with Crippen LogP contribution < -0.4 is 0 Å². The molecule has 0 aliphatic heterocycles. The Morgan fingerprint density at radius 3 is 1.65 bits per heavy atom. The Morgan fingerprint density at radius 1 is 0.613 bits per heavy atom. The van der Waals surface area contributed by atoms with Crippen LogP contribution in [0.3, 0.4) is 0 Å². The second-order valence-electron chi connectivity index (χ2n) is 6.47. The second-order valence-corrected chi connectivity index (χ2v) is 7.21. The number of aromatic nitrogens is 4. The van der Waals surface area contributed by atoms with Crippen molar-refractivity contribution in [2.24, 2.45) is 0 Å². The van der Waals surface area contributed by atoms with Gasteiger partial charge in [-0.25, -0.2) is 4.98 Å². The van der Waals surface area contributed by atoms with Crippen LogP contribution in [0, 0.1) is 0 Å². The van der Waals surface area contributed by atoms with Crippen molar-refractivity contribution in [2.45, 2.75) is 13.8 Å². The normalized spacial score (nSPS) is 10.6. The molecule has 0 amide bonds. The average Bonchev–Trinajstić information content (AvgIpc) is 3.11. The first-order valence-electron chi connectivity index (χ1n) is 10.0. The lowest BCUT2D eigenvalue weighted by atomic mass is 10.2. The van der Waals surface area contributed by atoms with Gasteiger partial charge in [0.15, 0.2) is 11.6 Å². The van der Waals surface area contributed by atoms with Gasteiger partial charge in [-0.2, -0.15) is 9.97 Å². The molecule has 0 N–H and O–H groups in total. The number of hydrogen-bond donors (Lipinski definition) is 0. The molecule has 5 aromatic rings. The van der Waals surface area contributed by atoms with Gasteiger partial charge in [0, 0.05) is 16.5 Å². The molecule has 0 aliphatic carbocycles. The van der Waals surface area contributed by atoms with E-state index in [1.165, 1.54) is 0 Å². The van der Waals surface area contributed by atoms with E-state index in [4.69, 9.17) is 38.2 Å². The van der Waals surface area contributed by atoms with Gasteiger partial charge in [-0.05, 0) is 6.07 Å². The summed E-state index contributed by atoms with van der Waals surface area (Å²) in [4.78, 5) is 14.1. The topological polar surface area (TPSA) is 43.6 Å². The predicted octanol–water partition coefficient (Wildman–Crippen LogP) is 7.48. The molecule has 3 aromatic carbocycles. The van der Waals surface area contributed by atoms with Crippen molar-refractivity contribution in [3.05, 3.63) is 95.1 Å². The maximum absolute atomic E-state index is 6.60. The summed E-state index contributed by atoms with van der Waals surface area (Å²) in [5, 5.41) is 1.70. The first kappa shape index (κ1) is 21.0. The van der Waals surface area contributed by atoms with E-state index in [0.29, 0.717) is 27.8 Å². The minimum absolute atomic E-state index is 0.372. The van der Waals surface area contributed by atoms with Crippen molar-refractivity contribution < 1.29 is 0 Å². The summed E-state index contributed by atoms with van der Waals surface area (Å²) in [7, 11) is 0. The van der Waals surface area contributed by atoms with Crippen LogP contribution in [0.2, 0.25) is 10.2 Å². The fourth-order valence-corrected chi connectivity index (χ4v) is 3.77. The van der Waals surface area contributed by atoms with Crippen molar-refractivity contribution in [1.82, 2.24) is 19.5 Å². The Balaban J connectivity index is 0.00000112. The highest BCUT2D eigenvalue weighted by Gasteiger charge is 2.19. The third kappa shape index (κ3) is 4.05. The molecule has 5 rings (SSSR count). The smallest absolute Gasteiger partial charge is 0.239 e. The molecule has 2 heterocycles. The van der Waals surface area contributed by atoms with E-state index in [-0.39, 0.29) is 0 Å². The van der Waals surface area contributed by atoms with Crippen molar-refractivity contribution in [2.75, 3.05) is 0 Å². The van der Waals surface area contributed by atoms with E-state index in [9.17, 15) is 0 Å². The highest BCUT2D eigenvalue weighted by atomic mass is 35.5. The third-order valence-electron chi connectivity index (χ3n) is 4.65. The van der Waals surface area contributed by atoms with Crippen LogP contribution in [0.5, 0.6) is 0 Å². The van der Waals surface area contributed by atoms with E-state index in [1.54, 1.807) is 4.57 Å². The Hall–Kier alpha value is -3.21. The molecule has 0 bridgehead atoms. The maximum Gasteiger partial charge on any atom is 0.239 e. The summed E-state index contributed by atoms with van der Waals surface area (Å²) in [6, 6.07) is 27.3. The predicted molar refractivity (Wildman–Crippen MR) is 129 cm³/mol. The van der Waals surface area contributed by atoms with Crippen LogP contribution in [-0.4, -0.2) is 19.5 Å². The maximum atomic E-state index is 6.60. The van der Waals surface area contributed by atoms with Crippen molar-refractivity contribution >= 4 is 34.1 Å². The number of para-hydroxylation sites is 1. The third-order valence-corrected chi connectivity index (χ3v) is 5.48. The van der Waals surface area contributed by atoms with Crippen LogP contribution in [0.25, 0.3) is 39.6 Å². The van der Waals surface area contributed by atoms with E-state index in [0.717, 1.165) is 22.0 Å². The molecule has 0 atom stereocenters. The highest BCUT2D eigenvalue weighted by molar-refractivity contribution is 6.45. The number of nitrogens with zero attached hydrogens (tertiary/aromatic N) is 4. The molecule has 0 fully saturated rings. The Labute approximate surface area is 191 Å². The molecule has 0 saturated carbocycles. The average molecular weight is 447 g/mol. The van der Waals surface area contributed by atoms with Crippen molar-refractivity contribution in [3.8, 4) is 28.7 Å². The fourth-order valence-electron chi connectivity index (χ4n) is 3.26. The Bertz CT molecular complexity index is 1260. The number of rotatable bonds is 3. The van der Waals surface area contributed by atoms with Gasteiger partial charge in [0.05, 0.1) is 10.5 Å². The van der Waals surface area contributed by atoms with E-state index in [2.05, 4.69) is 0 Å². The van der Waals surface area contributed by atoms with E-state index >= 15 is 0 Å². The molecule has 154 valence electrons. The zero-order valence-electron chi connectivity index (χ0n) is 17.1. The van der Waals surface area contributed by atoms with Gasteiger partial charge in [-0.3, -0.25) is 4.57 Å². The zero-order chi connectivity index (χ0) is 21.8. The van der Waals surface area contributed by atoms with Crippen LogP contribution in [-0.2, 0) is 0 Å². The molecule has 0 unspecified atom stereocenters. The molecule has 0 spiro atoms. The van der Waals surface area contributed by atoms with Gasteiger partial charge in [0.1, 0.15) is 5.15 Å². The van der Waals surface area contributed by atoms with Gasteiger partial charge < -0.3 is 0 Å². The molecule has 6 heteroatoms. The monoisotopic (exact) mass is 446 g/mol. The summed E-state index contributed by atoms with van der Waals surface area (Å²) in [5.41, 5.74) is 2.63. The fraction of sp³-hybridized carbons (Fsp3) is 0.0800. The molecular weight excluding hydrogens is 427 g/mol. The summed E-state index contributed by atoms with van der Waals surface area (Å²) in [5.74, 6) is 1.56. The van der Waals surface area contributed by atoms with Gasteiger partial charge in [-0.15, -0.1) is 0 Å². The standard InChI is InChI=1S/C23H14Cl2N4.C2H6/c24-19-17-13-7-8-14-18(17)29(20(19)25)23-27-21(15-9-3-1-4-10-15)26-22(28-23)16-11-5-2-6-12-16;1-2/h1-14H;1-2H3. The molecule has 31 heavy (non-hydrogen) atoms. The zero-order valence-corrected chi connectivity index (χ0v) is 18.6. The minimum atomic E-state index is 0.372. The second kappa shape index (κ2) is 9.29. The van der Waals surface area contributed by atoms with Crippen LogP contribution in [0.15, 0.2) is 84.9 Å². The molecule has 0 saturated heterocycles. The lowest BCUT2D eigenvalue weighted by molar-refractivity contribution is 0.934. The SMILES string of the molecule is CC.Clc1c(Cl)n(-c2nc(-c3ccccc3)nc(-c3ccccc3)n2)c2ccccc12. The lowest BCUT2D eigenvalue weighted by Crippen LogP contribution is -2.06. The van der Waals surface area contributed by atoms with Crippen molar-refractivity contribution in [1.29, 1.82) is 0 Å². The molecular formula is C25H20Cl2N4. The first-order valence-corrected chi connectivity index (χ1v) is 10.8. The lowest BCUT2D eigenvalue weighted by Gasteiger charge is -2.10. The summed E-state index contributed by atoms with van der Waals surface area (Å²) < 4.78 is 1.76. The Morgan fingerprint density at radius 2 is 1.10 bits per heavy atom. The summed E-state index contributed by atoms with van der Waals surface area (Å²) in [6.07, 6.45) is 0. The molecule has 0 radical (unpaired) electrons. The molecule has 0 aliphatic rings. The summed E-state index contributed by atoms with van der Waals surface area (Å²) >= 11 is 13.1. The van der Waals surface area contributed by atoms with Gasteiger partial charge >= 0.3 is 0 Å². The number of halogens is 2. The van der Waals surface area contributed by atoms with E-state index in [1.807, 2.05) is 98.8 Å². The molecule has 4 nitrogen and oxygen atoms in total. The van der Waals surface area contributed by atoms with E-state index < -0.39 is 0 Å². The number of fused-ring (bicyclic) bond motifs is 1. The molecule has 2 aromatic heterocycles. The minimum Gasteiger partial charge on any atom is -0.267 e. The Kier molecular flexibility index (Phi) is 6.31. The van der Waals surface area contributed by atoms with Crippen LogP contribution in [0.4, 0.5) is 0 Å². The van der Waals surface area contributed by atoms with Gasteiger partial charge in [0.2, 0.25) is 5.95 Å². The number of hydrogen-bond acceptors (Lipinski definition) is 3. The summed E-state index contributed by atoms with van der Waals surface area (Å²) in [6.45, 7) is 4.00. The number of benzene rings is 3. The quantitative estimate of drug-likeness (QED) is 0.288. The van der Waals surface area contributed by atoms with Gasteiger partial charge in [-0.1, -0.05) is 116 Å². The first-order chi connectivity index (χ1) is 15.2. The van der Waals surface area contributed by atoms with Crippen LogP contribution >= 0.6 is 23.2 Å². The van der Waals surface area contributed by atoms with Crippen LogP contribution in [0.1, 0.15) is 13.8 Å². The largest absolute Gasteiger partial charge is 0.267 e. The van der Waals surface area contributed by atoms with Gasteiger partial charge in [0.25, 0.3) is 0 Å².